The van der Waals surface area contributed by atoms with Gasteiger partial charge in [-0.2, -0.15) is 0 Å². The number of aromatic nitrogens is 1. The Morgan fingerprint density at radius 1 is 1.06 bits per heavy atom. The van der Waals surface area contributed by atoms with Crippen LogP contribution >= 0.6 is 0 Å². The van der Waals surface area contributed by atoms with Crippen LogP contribution in [0.25, 0.3) is 0 Å². The second-order valence-corrected chi connectivity index (χ2v) is 9.32. The molecule has 1 aliphatic carbocycles. The van der Waals surface area contributed by atoms with Crippen LogP contribution in [0.5, 0.6) is 0 Å². The molecule has 0 aliphatic heterocycles. The Morgan fingerprint density at radius 3 is 2.39 bits per heavy atom. The molecule has 2 amide bonds. The molecule has 2 aromatic rings. The number of aryl methyl sites for hydroxylation is 2. The lowest BCUT2D eigenvalue weighted by Crippen LogP contribution is -2.48. The summed E-state index contributed by atoms with van der Waals surface area (Å²) in [7, 11) is 2.00. The maximum absolute atomic E-state index is 13.6. The summed E-state index contributed by atoms with van der Waals surface area (Å²) in [5, 5.41) is 0. The van der Waals surface area contributed by atoms with Crippen molar-refractivity contribution in [2.45, 2.75) is 65.5 Å². The Bertz CT molecular complexity index is 880. The second-order valence-electron chi connectivity index (χ2n) is 9.32. The van der Waals surface area contributed by atoms with Crippen LogP contribution in [0.3, 0.4) is 0 Å². The van der Waals surface area contributed by atoms with E-state index in [-0.39, 0.29) is 24.4 Å². The molecule has 1 aromatic carbocycles. The molecule has 1 aliphatic rings. The molecule has 0 saturated heterocycles. The lowest BCUT2D eigenvalue weighted by atomic mass is 9.93. The van der Waals surface area contributed by atoms with Crippen LogP contribution in [0.1, 0.15) is 67.6 Å². The minimum absolute atomic E-state index is 0.0123. The summed E-state index contributed by atoms with van der Waals surface area (Å²) in [5.41, 5.74) is 2.77. The molecule has 1 heterocycles. The second kappa shape index (κ2) is 10.7. The number of benzene rings is 1. The monoisotopic (exact) mass is 423 g/mol. The van der Waals surface area contributed by atoms with Crippen LogP contribution in [0.15, 0.2) is 42.6 Å². The number of nitrogens with zero attached hydrogens (tertiary/aromatic N) is 3. The molecule has 0 spiro atoms. The molecular weight excluding hydrogens is 386 g/mol. The zero-order chi connectivity index (χ0) is 22.4. The van der Waals surface area contributed by atoms with Crippen molar-refractivity contribution in [2.24, 2.45) is 13.0 Å². The topological polar surface area (TPSA) is 45.6 Å². The lowest BCUT2D eigenvalue weighted by molar-refractivity contribution is -0.133. The molecule has 1 fully saturated rings. The molecule has 168 valence electrons. The highest BCUT2D eigenvalue weighted by Crippen LogP contribution is 2.25. The number of carbonyl (C=O) groups excluding carboxylic acids is 2. The third-order valence-electron chi connectivity index (χ3n) is 6.30. The molecule has 0 radical (unpaired) electrons. The molecule has 0 atom stereocenters. The van der Waals surface area contributed by atoms with E-state index in [1.54, 1.807) is 0 Å². The van der Waals surface area contributed by atoms with Gasteiger partial charge in [-0.15, -0.1) is 0 Å². The number of carbonyl (C=O) groups is 2. The summed E-state index contributed by atoms with van der Waals surface area (Å²) in [6.45, 7) is 7.62. The van der Waals surface area contributed by atoms with E-state index in [9.17, 15) is 9.59 Å². The average Bonchev–Trinajstić information content (AvgIpc) is 3.16. The van der Waals surface area contributed by atoms with E-state index in [0.29, 0.717) is 24.6 Å². The number of hydrogen-bond acceptors (Lipinski definition) is 2. The van der Waals surface area contributed by atoms with Gasteiger partial charge >= 0.3 is 0 Å². The van der Waals surface area contributed by atoms with Crippen molar-refractivity contribution in [3.8, 4) is 0 Å². The van der Waals surface area contributed by atoms with Crippen molar-refractivity contribution in [1.29, 1.82) is 0 Å². The first kappa shape index (κ1) is 23.1. The highest BCUT2D eigenvalue weighted by molar-refractivity contribution is 5.98. The number of hydrogen-bond donors (Lipinski definition) is 0. The standard InChI is InChI=1S/C26H37N3O2/c1-20(2)17-28(18-23-14-10-16-27(23)4)25(30)19-29(22-12-6-5-7-13-22)26(31)24-15-9-8-11-21(24)3/h8-11,14-16,20,22H,5-7,12-13,17-19H2,1-4H3. The van der Waals surface area contributed by atoms with Crippen LogP contribution in [0.2, 0.25) is 0 Å². The average molecular weight is 424 g/mol. The van der Waals surface area contributed by atoms with E-state index in [1.165, 1.54) is 6.42 Å². The van der Waals surface area contributed by atoms with Gasteiger partial charge in [0, 0.05) is 37.1 Å². The van der Waals surface area contributed by atoms with Gasteiger partial charge in [0.25, 0.3) is 5.91 Å². The first-order chi connectivity index (χ1) is 14.9. The quantitative estimate of drug-likeness (QED) is 0.613. The zero-order valence-electron chi connectivity index (χ0n) is 19.5. The Kier molecular flexibility index (Phi) is 7.94. The lowest BCUT2D eigenvalue weighted by Gasteiger charge is -2.36. The normalized spacial score (nSPS) is 14.6. The van der Waals surface area contributed by atoms with E-state index in [4.69, 9.17) is 0 Å². The summed E-state index contributed by atoms with van der Waals surface area (Å²) in [5.74, 6) is 0.378. The molecule has 1 aromatic heterocycles. The van der Waals surface area contributed by atoms with Crippen molar-refractivity contribution in [3.05, 3.63) is 59.4 Å². The van der Waals surface area contributed by atoms with E-state index in [2.05, 4.69) is 24.5 Å². The summed E-state index contributed by atoms with van der Waals surface area (Å²) >= 11 is 0. The predicted molar refractivity (Wildman–Crippen MR) is 125 cm³/mol. The van der Waals surface area contributed by atoms with Crippen molar-refractivity contribution in [1.82, 2.24) is 14.4 Å². The first-order valence-electron chi connectivity index (χ1n) is 11.6. The number of rotatable bonds is 8. The Morgan fingerprint density at radius 2 is 1.77 bits per heavy atom. The largest absolute Gasteiger partial charge is 0.353 e. The van der Waals surface area contributed by atoms with E-state index < -0.39 is 0 Å². The molecule has 3 rings (SSSR count). The minimum atomic E-state index is -0.0123. The molecule has 0 N–H and O–H groups in total. The molecule has 5 nitrogen and oxygen atoms in total. The summed E-state index contributed by atoms with van der Waals surface area (Å²) in [4.78, 5) is 30.9. The van der Waals surface area contributed by atoms with Crippen LogP contribution < -0.4 is 0 Å². The molecule has 5 heteroatoms. The Labute approximate surface area is 187 Å². The summed E-state index contributed by atoms with van der Waals surface area (Å²) in [6, 6.07) is 11.9. The van der Waals surface area contributed by atoms with Crippen LogP contribution in [-0.2, 0) is 18.4 Å². The fraction of sp³-hybridized carbons (Fsp3) is 0.538. The SMILES string of the molecule is Cc1ccccc1C(=O)N(CC(=O)N(Cc1cccn1C)CC(C)C)C1CCCCC1. The third kappa shape index (κ3) is 5.99. The smallest absolute Gasteiger partial charge is 0.254 e. The highest BCUT2D eigenvalue weighted by Gasteiger charge is 2.30. The van der Waals surface area contributed by atoms with Crippen LogP contribution in [0.4, 0.5) is 0 Å². The molecule has 1 saturated carbocycles. The third-order valence-corrected chi connectivity index (χ3v) is 6.30. The van der Waals surface area contributed by atoms with Gasteiger partial charge in [-0.1, -0.05) is 51.3 Å². The molecule has 0 bridgehead atoms. The van der Waals surface area contributed by atoms with Gasteiger partial charge in [0.1, 0.15) is 6.54 Å². The fourth-order valence-corrected chi connectivity index (χ4v) is 4.52. The fourth-order valence-electron chi connectivity index (χ4n) is 4.52. The molecular formula is C26H37N3O2. The maximum Gasteiger partial charge on any atom is 0.254 e. The zero-order valence-corrected chi connectivity index (χ0v) is 19.5. The maximum atomic E-state index is 13.6. The van der Waals surface area contributed by atoms with Gasteiger partial charge < -0.3 is 14.4 Å². The van der Waals surface area contributed by atoms with Gasteiger partial charge in [0.05, 0.1) is 6.54 Å². The molecule has 0 unspecified atom stereocenters. The van der Waals surface area contributed by atoms with Crippen molar-refractivity contribution in [2.75, 3.05) is 13.1 Å². The van der Waals surface area contributed by atoms with Gasteiger partial charge in [0.2, 0.25) is 5.91 Å². The van der Waals surface area contributed by atoms with Crippen LogP contribution in [0, 0.1) is 12.8 Å². The summed E-state index contributed by atoms with van der Waals surface area (Å²) in [6.07, 6.45) is 7.41. The summed E-state index contributed by atoms with van der Waals surface area (Å²) < 4.78 is 2.05. The van der Waals surface area contributed by atoms with Crippen LogP contribution in [-0.4, -0.2) is 45.3 Å². The van der Waals surface area contributed by atoms with Gasteiger partial charge in [-0.3, -0.25) is 9.59 Å². The van der Waals surface area contributed by atoms with Crippen molar-refractivity contribution >= 4 is 11.8 Å². The highest BCUT2D eigenvalue weighted by atomic mass is 16.2. The Balaban J connectivity index is 1.83. The van der Waals surface area contributed by atoms with Gasteiger partial charge in [-0.25, -0.2) is 0 Å². The molecule has 31 heavy (non-hydrogen) atoms. The Hall–Kier alpha value is -2.56. The van der Waals surface area contributed by atoms with E-state index in [1.807, 2.05) is 60.3 Å². The van der Waals surface area contributed by atoms with E-state index >= 15 is 0 Å². The van der Waals surface area contributed by atoms with Crippen molar-refractivity contribution < 1.29 is 9.59 Å². The van der Waals surface area contributed by atoms with Crippen molar-refractivity contribution in [3.63, 3.8) is 0 Å². The van der Waals surface area contributed by atoms with E-state index in [0.717, 1.165) is 36.9 Å². The number of amides is 2. The van der Waals surface area contributed by atoms with Gasteiger partial charge in [0.15, 0.2) is 0 Å². The first-order valence-corrected chi connectivity index (χ1v) is 11.6. The predicted octanol–water partition coefficient (Wildman–Crippen LogP) is 4.79. The van der Waals surface area contributed by atoms with Gasteiger partial charge in [-0.05, 0) is 49.4 Å². The minimum Gasteiger partial charge on any atom is -0.353 e.